The highest BCUT2D eigenvalue weighted by molar-refractivity contribution is 7.47. The predicted molar refractivity (Wildman–Crippen MR) is 208 cm³/mol. The van der Waals surface area contributed by atoms with Gasteiger partial charge in [0.1, 0.15) is 0 Å². The number of carbonyl (C=O) groups excluding carboxylic acids is 1. The van der Waals surface area contributed by atoms with Crippen molar-refractivity contribution in [3.05, 3.63) is 12.2 Å². The molecule has 0 fully saturated rings. The molecule has 0 aromatic carbocycles. The number of phosphoric ester groups is 1. The smallest absolute Gasteiger partial charge is 0.387 e. The van der Waals surface area contributed by atoms with Crippen LogP contribution in [0.2, 0.25) is 0 Å². The van der Waals surface area contributed by atoms with Crippen LogP contribution in [0.3, 0.4) is 0 Å². The van der Waals surface area contributed by atoms with E-state index in [1.165, 1.54) is 148 Å². The topological polar surface area (TPSA) is 131 Å². The Kier molecular flexibility index (Phi) is 36.4. The summed E-state index contributed by atoms with van der Waals surface area (Å²) in [6.45, 7) is 4.14. The van der Waals surface area contributed by atoms with Crippen LogP contribution >= 0.6 is 7.82 Å². The van der Waals surface area contributed by atoms with Crippen LogP contribution in [0.25, 0.3) is 0 Å². The molecule has 0 aliphatic carbocycles. The summed E-state index contributed by atoms with van der Waals surface area (Å²) in [5.41, 5.74) is 5.36. The number of nitrogens with two attached hydrogens (primary N) is 1. The highest BCUT2D eigenvalue weighted by atomic mass is 31.2. The Hall–Kier alpha value is -0.760. The lowest BCUT2D eigenvalue weighted by Crippen LogP contribution is -2.45. The third kappa shape index (κ3) is 35.4. The van der Waals surface area contributed by atoms with Crippen LogP contribution in [0.5, 0.6) is 0 Å². The van der Waals surface area contributed by atoms with Gasteiger partial charge in [0, 0.05) is 13.0 Å². The molecular formula is C40H81N2O6P. The SMILES string of the molecule is CCCCCCCCCCCC/C=C/[C@@H](O)[C@H](COP(=O)(O)OCCN)NC(=O)CCCCCCCCCCCCCCCCCCCC. The normalized spacial score (nSPS) is 14.3. The average molecular weight is 717 g/mol. The van der Waals surface area contributed by atoms with Crippen LogP contribution in [0.4, 0.5) is 0 Å². The first kappa shape index (κ1) is 48.2. The van der Waals surface area contributed by atoms with E-state index in [0.29, 0.717) is 6.42 Å². The van der Waals surface area contributed by atoms with Crippen LogP contribution in [-0.2, 0) is 18.4 Å². The Morgan fingerprint density at radius 3 is 1.45 bits per heavy atom. The van der Waals surface area contributed by atoms with Crippen molar-refractivity contribution in [2.24, 2.45) is 5.73 Å². The van der Waals surface area contributed by atoms with Crippen molar-refractivity contribution in [2.45, 2.75) is 219 Å². The van der Waals surface area contributed by atoms with Crippen LogP contribution in [0.1, 0.15) is 206 Å². The minimum absolute atomic E-state index is 0.0811. The van der Waals surface area contributed by atoms with Crippen molar-refractivity contribution in [1.82, 2.24) is 5.32 Å². The van der Waals surface area contributed by atoms with E-state index >= 15 is 0 Å². The third-order valence-electron chi connectivity index (χ3n) is 9.36. The number of amides is 1. The number of allylic oxidation sites excluding steroid dienone is 1. The van der Waals surface area contributed by atoms with Gasteiger partial charge in [0.15, 0.2) is 0 Å². The molecule has 0 saturated carbocycles. The van der Waals surface area contributed by atoms with E-state index in [0.717, 1.165) is 38.5 Å². The number of carbonyl (C=O) groups is 1. The largest absolute Gasteiger partial charge is 0.472 e. The number of rotatable bonds is 39. The van der Waals surface area contributed by atoms with Gasteiger partial charge in [-0.3, -0.25) is 13.8 Å². The van der Waals surface area contributed by atoms with E-state index in [9.17, 15) is 19.4 Å². The fourth-order valence-corrected chi connectivity index (χ4v) is 6.95. The molecule has 9 heteroatoms. The number of nitrogens with one attached hydrogen (secondary N) is 1. The third-order valence-corrected chi connectivity index (χ3v) is 10.3. The van der Waals surface area contributed by atoms with E-state index in [-0.39, 0.29) is 25.7 Å². The van der Waals surface area contributed by atoms with Gasteiger partial charge < -0.3 is 21.1 Å². The predicted octanol–water partition coefficient (Wildman–Crippen LogP) is 11.2. The van der Waals surface area contributed by atoms with Crippen molar-refractivity contribution < 1.29 is 28.4 Å². The summed E-state index contributed by atoms with van der Waals surface area (Å²) in [5.74, 6) is -0.192. The van der Waals surface area contributed by atoms with E-state index in [4.69, 9.17) is 14.8 Å². The van der Waals surface area contributed by atoms with Crippen LogP contribution in [-0.4, -0.2) is 47.8 Å². The lowest BCUT2D eigenvalue weighted by molar-refractivity contribution is -0.123. The molecule has 3 atom stereocenters. The van der Waals surface area contributed by atoms with Gasteiger partial charge in [-0.15, -0.1) is 0 Å². The van der Waals surface area contributed by atoms with Crippen molar-refractivity contribution >= 4 is 13.7 Å². The standard InChI is InChI=1S/C40H81N2O6P/c1-3-5-7-9-11-13-15-17-18-19-20-21-22-24-26-28-30-32-34-40(44)42-38(37-48-49(45,46)47-36-35-41)39(43)33-31-29-27-25-23-16-14-12-10-8-6-4-2/h31,33,38-39,43H,3-30,32,34-37,41H2,1-2H3,(H,42,44)(H,45,46)/b33-31+/t38-,39+/m0/s1. The Bertz CT molecular complexity index is 784. The summed E-state index contributed by atoms with van der Waals surface area (Å²) >= 11 is 0. The van der Waals surface area contributed by atoms with Crippen LogP contribution in [0, 0.1) is 0 Å². The zero-order valence-corrected chi connectivity index (χ0v) is 33.1. The first-order valence-corrected chi connectivity index (χ1v) is 22.3. The summed E-state index contributed by atoms with van der Waals surface area (Å²) in [6, 6.07) is -0.853. The molecule has 0 heterocycles. The average Bonchev–Trinajstić information content (AvgIpc) is 3.09. The molecule has 1 unspecified atom stereocenters. The molecule has 0 aromatic heterocycles. The molecule has 8 nitrogen and oxygen atoms in total. The molecule has 0 spiro atoms. The molecule has 0 rings (SSSR count). The number of phosphoric acid groups is 1. The maximum Gasteiger partial charge on any atom is 0.472 e. The summed E-state index contributed by atoms with van der Waals surface area (Å²) in [5, 5.41) is 13.6. The van der Waals surface area contributed by atoms with Gasteiger partial charge in [0.25, 0.3) is 0 Å². The van der Waals surface area contributed by atoms with Gasteiger partial charge >= 0.3 is 7.82 Å². The van der Waals surface area contributed by atoms with E-state index in [1.807, 2.05) is 6.08 Å². The quantitative estimate of drug-likeness (QED) is 0.0283. The second-order valence-electron chi connectivity index (χ2n) is 14.2. The Labute approximate surface area is 303 Å². The lowest BCUT2D eigenvalue weighted by Gasteiger charge is -2.23. The molecule has 0 bridgehead atoms. The number of unbranched alkanes of at least 4 members (excludes halogenated alkanes) is 27. The minimum Gasteiger partial charge on any atom is -0.387 e. The molecule has 0 aliphatic rings. The van der Waals surface area contributed by atoms with Gasteiger partial charge in [-0.05, 0) is 19.3 Å². The fourth-order valence-electron chi connectivity index (χ4n) is 6.19. The molecule has 49 heavy (non-hydrogen) atoms. The van der Waals surface area contributed by atoms with Crippen molar-refractivity contribution in [2.75, 3.05) is 19.8 Å². The van der Waals surface area contributed by atoms with Gasteiger partial charge in [-0.25, -0.2) is 4.57 Å². The maximum absolute atomic E-state index is 12.7. The number of hydrogen-bond donors (Lipinski definition) is 4. The molecule has 0 saturated heterocycles. The zero-order chi connectivity index (χ0) is 36.1. The molecule has 5 N–H and O–H groups in total. The number of hydrogen-bond acceptors (Lipinski definition) is 6. The van der Waals surface area contributed by atoms with E-state index < -0.39 is 20.0 Å². The Morgan fingerprint density at radius 1 is 0.653 bits per heavy atom. The van der Waals surface area contributed by atoms with Gasteiger partial charge in [0.2, 0.25) is 5.91 Å². The molecule has 292 valence electrons. The lowest BCUT2D eigenvalue weighted by atomic mass is 10.0. The van der Waals surface area contributed by atoms with E-state index in [1.54, 1.807) is 6.08 Å². The summed E-state index contributed by atoms with van der Waals surface area (Å²) in [7, 11) is -4.33. The van der Waals surface area contributed by atoms with Gasteiger partial charge in [-0.2, -0.15) is 0 Å². The maximum atomic E-state index is 12.7. The van der Waals surface area contributed by atoms with Crippen molar-refractivity contribution in [1.29, 1.82) is 0 Å². The van der Waals surface area contributed by atoms with Crippen LogP contribution in [0.15, 0.2) is 12.2 Å². The summed E-state index contributed by atoms with van der Waals surface area (Å²) in [4.78, 5) is 22.6. The minimum atomic E-state index is -4.33. The first-order valence-electron chi connectivity index (χ1n) is 20.8. The van der Waals surface area contributed by atoms with Gasteiger partial charge in [-0.1, -0.05) is 193 Å². The first-order chi connectivity index (χ1) is 23.9. The highest BCUT2D eigenvalue weighted by Gasteiger charge is 2.26. The second kappa shape index (κ2) is 37.0. The molecule has 0 radical (unpaired) electrons. The highest BCUT2D eigenvalue weighted by Crippen LogP contribution is 2.43. The second-order valence-corrected chi connectivity index (χ2v) is 15.7. The molecular weight excluding hydrogens is 635 g/mol. The Morgan fingerprint density at radius 2 is 1.04 bits per heavy atom. The fraction of sp³-hybridized carbons (Fsp3) is 0.925. The van der Waals surface area contributed by atoms with Gasteiger partial charge in [0.05, 0.1) is 25.4 Å². The number of aliphatic hydroxyl groups excluding tert-OH is 1. The van der Waals surface area contributed by atoms with Crippen LogP contribution < -0.4 is 11.1 Å². The molecule has 0 aromatic rings. The summed E-state index contributed by atoms with van der Waals surface area (Å²) in [6.07, 6.45) is 39.7. The number of aliphatic hydroxyl groups is 1. The monoisotopic (exact) mass is 717 g/mol. The Balaban J connectivity index is 4.17. The zero-order valence-electron chi connectivity index (χ0n) is 32.2. The molecule has 1 amide bonds. The van der Waals surface area contributed by atoms with E-state index in [2.05, 4.69) is 19.2 Å². The summed E-state index contributed by atoms with van der Waals surface area (Å²) < 4.78 is 22.1. The van der Waals surface area contributed by atoms with Crippen molar-refractivity contribution in [3.63, 3.8) is 0 Å². The van der Waals surface area contributed by atoms with Crippen molar-refractivity contribution in [3.8, 4) is 0 Å². The molecule has 0 aliphatic heterocycles.